The smallest absolute Gasteiger partial charge is 0.193 e. The third kappa shape index (κ3) is 5.17. The van der Waals surface area contributed by atoms with Crippen LogP contribution in [0.4, 0.5) is 0 Å². The number of likely N-dealkylation sites (tertiary alicyclic amines) is 1. The van der Waals surface area contributed by atoms with Crippen molar-refractivity contribution in [1.82, 2.24) is 20.0 Å². The maximum absolute atomic E-state index is 5.93. The van der Waals surface area contributed by atoms with Crippen LogP contribution in [0.1, 0.15) is 24.8 Å². The van der Waals surface area contributed by atoms with Crippen LogP contribution in [-0.4, -0.2) is 52.6 Å². The van der Waals surface area contributed by atoms with Crippen LogP contribution in [0.2, 0.25) is 5.02 Å². The molecule has 26 heavy (non-hydrogen) atoms. The summed E-state index contributed by atoms with van der Waals surface area (Å²) in [5.41, 5.74) is 1.32. The van der Waals surface area contributed by atoms with Crippen molar-refractivity contribution in [1.29, 1.82) is 0 Å². The van der Waals surface area contributed by atoms with Crippen molar-refractivity contribution in [3.63, 3.8) is 0 Å². The zero-order chi connectivity index (χ0) is 18.4. The fraction of sp³-hybridized carbons (Fsp3) is 0.474. The molecule has 3 rings (SSSR count). The first kappa shape index (κ1) is 19.1. The minimum Gasteiger partial charge on any atom is -0.357 e. The van der Waals surface area contributed by atoms with Crippen molar-refractivity contribution >= 4 is 29.3 Å². The predicted molar refractivity (Wildman–Crippen MR) is 110 cm³/mol. The van der Waals surface area contributed by atoms with Crippen molar-refractivity contribution in [3.05, 3.63) is 47.2 Å². The second-order valence-corrected chi connectivity index (χ2v) is 8.02. The lowest BCUT2D eigenvalue weighted by molar-refractivity contribution is 0.487. The third-order valence-electron chi connectivity index (χ3n) is 4.45. The lowest BCUT2D eigenvalue weighted by Crippen LogP contribution is -2.40. The average molecular weight is 392 g/mol. The SMILES string of the molecule is CCNC(=NCCSc1ccc(Cl)cc1)N1CCC(c2cnn(C)c2)C1. The molecule has 2 aromatic rings. The largest absolute Gasteiger partial charge is 0.357 e. The number of thioether (sulfide) groups is 1. The van der Waals surface area contributed by atoms with Gasteiger partial charge < -0.3 is 10.2 Å². The topological polar surface area (TPSA) is 45.5 Å². The Balaban J connectivity index is 1.53. The van der Waals surface area contributed by atoms with E-state index in [-0.39, 0.29) is 0 Å². The van der Waals surface area contributed by atoms with Gasteiger partial charge in [-0.2, -0.15) is 5.10 Å². The van der Waals surface area contributed by atoms with Crippen molar-refractivity contribution in [2.24, 2.45) is 12.0 Å². The molecule has 1 aliphatic heterocycles. The van der Waals surface area contributed by atoms with Gasteiger partial charge in [0.05, 0.1) is 12.7 Å². The standard InChI is InChI=1S/C19H26ClN5S/c1-3-21-19(22-9-11-26-18-6-4-17(20)5-7-18)25-10-8-15(14-25)16-12-23-24(2)13-16/h4-7,12-13,15H,3,8-11,14H2,1-2H3,(H,21,22). The summed E-state index contributed by atoms with van der Waals surface area (Å²) in [6.07, 6.45) is 5.26. The molecule has 5 nitrogen and oxygen atoms in total. The van der Waals surface area contributed by atoms with E-state index in [0.29, 0.717) is 5.92 Å². The molecular formula is C19H26ClN5S. The number of hydrogen-bond acceptors (Lipinski definition) is 3. The Morgan fingerprint density at radius 3 is 2.88 bits per heavy atom. The Morgan fingerprint density at radius 2 is 2.19 bits per heavy atom. The van der Waals surface area contributed by atoms with Gasteiger partial charge in [-0.05, 0) is 43.2 Å². The number of halogens is 1. The van der Waals surface area contributed by atoms with E-state index in [1.807, 2.05) is 41.8 Å². The number of aliphatic imine (C=N–C) groups is 1. The fourth-order valence-corrected chi connectivity index (χ4v) is 4.02. The lowest BCUT2D eigenvalue weighted by Gasteiger charge is -2.21. The van der Waals surface area contributed by atoms with Crippen molar-refractivity contribution in [2.45, 2.75) is 24.2 Å². The van der Waals surface area contributed by atoms with E-state index >= 15 is 0 Å². The highest BCUT2D eigenvalue weighted by Gasteiger charge is 2.26. The number of aryl methyl sites for hydroxylation is 1. The quantitative estimate of drug-likeness (QED) is 0.353. The van der Waals surface area contributed by atoms with Crippen LogP contribution in [0.15, 0.2) is 46.5 Å². The molecule has 7 heteroatoms. The molecule has 0 aliphatic carbocycles. The first-order valence-electron chi connectivity index (χ1n) is 9.06. The van der Waals surface area contributed by atoms with Gasteiger partial charge in [0.2, 0.25) is 0 Å². The lowest BCUT2D eigenvalue weighted by atomic mass is 10.0. The van der Waals surface area contributed by atoms with Crippen LogP contribution < -0.4 is 5.32 Å². The Labute approximate surface area is 164 Å². The first-order valence-corrected chi connectivity index (χ1v) is 10.4. The zero-order valence-electron chi connectivity index (χ0n) is 15.4. The van der Waals surface area contributed by atoms with Gasteiger partial charge in [0.15, 0.2) is 5.96 Å². The van der Waals surface area contributed by atoms with Gasteiger partial charge in [0.25, 0.3) is 0 Å². The van der Waals surface area contributed by atoms with E-state index in [0.717, 1.165) is 49.3 Å². The van der Waals surface area contributed by atoms with Crippen LogP contribution >= 0.6 is 23.4 Å². The molecule has 1 aromatic carbocycles. The zero-order valence-corrected chi connectivity index (χ0v) is 16.9. The van der Waals surface area contributed by atoms with Crippen LogP contribution in [-0.2, 0) is 7.05 Å². The van der Waals surface area contributed by atoms with Gasteiger partial charge in [-0.15, -0.1) is 11.8 Å². The summed E-state index contributed by atoms with van der Waals surface area (Å²) in [5.74, 6) is 2.52. The minimum atomic E-state index is 0.538. The molecule has 1 unspecified atom stereocenters. The molecule has 1 aromatic heterocycles. The normalized spacial score (nSPS) is 17.7. The minimum absolute atomic E-state index is 0.538. The van der Waals surface area contributed by atoms with Gasteiger partial charge in [0, 0.05) is 54.5 Å². The number of aromatic nitrogens is 2. The molecule has 0 spiro atoms. The van der Waals surface area contributed by atoms with Crippen LogP contribution in [0.3, 0.4) is 0 Å². The first-order chi connectivity index (χ1) is 12.7. The van der Waals surface area contributed by atoms with Crippen molar-refractivity contribution < 1.29 is 0 Å². The summed E-state index contributed by atoms with van der Waals surface area (Å²) in [5, 5.41) is 8.52. The molecule has 1 aliphatic rings. The average Bonchev–Trinajstić information content (AvgIpc) is 3.28. The van der Waals surface area contributed by atoms with E-state index in [1.165, 1.54) is 10.5 Å². The highest BCUT2D eigenvalue weighted by atomic mass is 35.5. The molecule has 0 amide bonds. The second kappa shape index (κ2) is 9.33. The van der Waals surface area contributed by atoms with Gasteiger partial charge >= 0.3 is 0 Å². The van der Waals surface area contributed by atoms with E-state index in [1.54, 1.807) is 0 Å². The molecule has 0 saturated carbocycles. The molecule has 0 bridgehead atoms. The molecule has 1 N–H and O–H groups in total. The Kier molecular flexibility index (Phi) is 6.86. The maximum Gasteiger partial charge on any atom is 0.193 e. The number of nitrogens with one attached hydrogen (secondary N) is 1. The van der Waals surface area contributed by atoms with Gasteiger partial charge in [0.1, 0.15) is 0 Å². The summed E-state index contributed by atoms with van der Waals surface area (Å²) in [4.78, 5) is 8.42. The van der Waals surface area contributed by atoms with E-state index < -0.39 is 0 Å². The summed E-state index contributed by atoms with van der Waals surface area (Å²) >= 11 is 7.74. The van der Waals surface area contributed by atoms with E-state index in [2.05, 4.69) is 40.6 Å². The molecular weight excluding hydrogens is 366 g/mol. The maximum atomic E-state index is 5.93. The third-order valence-corrected chi connectivity index (χ3v) is 5.70. The molecule has 0 radical (unpaired) electrons. The number of guanidine groups is 1. The summed E-state index contributed by atoms with van der Waals surface area (Å²) in [6.45, 7) is 5.84. The number of rotatable bonds is 6. The Morgan fingerprint density at radius 1 is 1.38 bits per heavy atom. The molecule has 1 fully saturated rings. The Bertz CT molecular complexity index is 728. The Hall–Kier alpha value is -1.66. The number of benzene rings is 1. The van der Waals surface area contributed by atoms with Gasteiger partial charge in [-0.1, -0.05) is 11.6 Å². The number of hydrogen-bond donors (Lipinski definition) is 1. The van der Waals surface area contributed by atoms with Gasteiger partial charge in [-0.3, -0.25) is 9.67 Å². The highest BCUT2D eigenvalue weighted by Crippen LogP contribution is 2.26. The summed E-state index contributed by atoms with van der Waals surface area (Å²) in [7, 11) is 1.97. The highest BCUT2D eigenvalue weighted by molar-refractivity contribution is 7.99. The van der Waals surface area contributed by atoms with Crippen LogP contribution in [0.25, 0.3) is 0 Å². The molecule has 1 saturated heterocycles. The predicted octanol–water partition coefficient (Wildman–Crippen LogP) is 3.62. The van der Waals surface area contributed by atoms with Crippen molar-refractivity contribution in [2.75, 3.05) is 31.9 Å². The second-order valence-electron chi connectivity index (χ2n) is 6.42. The van der Waals surface area contributed by atoms with Crippen LogP contribution in [0.5, 0.6) is 0 Å². The molecule has 140 valence electrons. The summed E-state index contributed by atoms with van der Waals surface area (Å²) < 4.78 is 1.88. The fourth-order valence-electron chi connectivity index (χ4n) is 3.15. The summed E-state index contributed by atoms with van der Waals surface area (Å²) in [6, 6.07) is 7.97. The van der Waals surface area contributed by atoms with E-state index in [4.69, 9.17) is 16.6 Å². The van der Waals surface area contributed by atoms with Crippen LogP contribution in [0, 0.1) is 0 Å². The number of nitrogens with zero attached hydrogens (tertiary/aromatic N) is 4. The molecule has 1 atom stereocenters. The van der Waals surface area contributed by atoms with Crippen molar-refractivity contribution in [3.8, 4) is 0 Å². The van der Waals surface area contributed by atoms with Gasteiger partial charge in [-0.25, -0.2) is 0 Å². The van der Waals surface area contributed by atoms with E-state index in [9.17, 15) is 0 Å². The monoisotopic (exact) mass is 391 g/mol. The molecule has 2 heterocycles.